The smallest absolute Gasteiger partial charge is 0.320 e. The Labute approximate surface area is 184 Å². The van der Waals surface area contributed by atoms with Gasteiger partial charge in [-0.05, 0) is 30.2 Å². The first-order chi connectivity index (χ1) is 15.0. The normalized spacial score (nSPS) is 11.8. The van der Waals surface area contributed by atoms with Crippen molar-refractivity contribution in [1.29, 1.82) is 0 Å². The number of aromatic nitrogens is 1. The fourth-order valence-electron chi connectivity index (χ4n) is 3.12. The zero-order valence-corrected chi connectivity index (χ0v) is 18.0. The molecule has 1 heterocycles. The van der Waals surface area contributed by atoms with E-state index in [9.17, 15) is 14.0 Å². The summed E-state index contributed by atoms with van der Waals surface area (Å²) in [5.41, 5.74) is 1.71. The van der Waals surface area contributed by atoms with E-state index in [0.717, 1.165) is 16.1 Å². The molecule has 162 valence electrons. The van der Waals surface area contributed by atoms with Crippen molar-refractivity contribution in [3.05, 3.63) is 88.1 Å². The SMILES string of the molecule is CCOC(=O)CN(CC(=O)NC(c1ccccc1)c1nccs1)Cc1ccc(F)cc1. The van der Waals surface area contributed by atoms with Crippen molar-refractivity contribution in [3.8, 4) is 0 Å². The first-order valence-electron chi connectivity index (χ1n) is 9.91. The summed E-state index contributed by atoms with van der Waals surface area (Å²) in [4.78, 5) is 31.0. The van der Waals surface area contributed by atoms with Gasteiger partial charge in [-0.1, -0.05) is 42.5 Å². The molecule has 8 heteroatoms. The van der Waals surface area contributed by atoms with Gasteiger partial charge in [0.15, 0.2) is 0 Å². The molecular formula is C23H24FN3O3S. The van der Waals surface area contributed by atoms with E-state index < -0.39 is 5.97 Å². The second-order valence-corrected chi connectivity index (χ2v) is 7.78. The van der Waals surface area contributed by atoms with Crippen LogP contribution < -0.4 is 5.32 Å². The number of halogens is 1. The van der Waals surface area contributed by atoms with Crippen LogP contribution >= 0.6 is 11.3 Å². The van der Waals surface area contributed by atoms with Crippen molar-refractivity contribution >= 4 is 23.2 Å². The molecule has 1 atom stereocenters. The molecule has 1 amide bonds. The lowest BCUT2D eigenvalue weighted by Crippen LogP contribution is -2.41. The van der Waals surface area contributed by atoms with E-state index in [4.69, 9.17) is 4.74 Å². The van der Waals surface area contributed by atoms with Crippen LogP contribution in [0, 0.1) is 5.82 Å². The van der Waals surface area contributed by atoms with E-state index in [1.54, 1.807) is 30.2 Å². The number of rotatable bonds is 10. The van der Waals surface area contributed by atoms with Gasteiger partial charge in [0.1, 0.15) is 16.9 Å². The highest BCUT2D eigenvalue weighted by Gasteiger charge is 2.22. The van der Waals surface area contributed by atoms with Gasteiger partial charge in [-0.3, -0.25) is 14.5 Å². The number of carbonyl (C=O) groups is 2. The maximum Gasteiger partial charge on any atom is 0.320 e. The quantitative estimate of drug-likeness (QED) is 0.487. The molecule has 0 spiro atoms. The van der Waals surface area contributed by atoms with Gasteiger partial charge >= 0.3 is 5.97 Å². The van der Waals surface area contributed by atoms with Gasteiger partial charge in [0.25, 0.3) is 0 Å². The Morgan fingerprint density at radius 1 is 1.13 bits per heavy atom. The highest BCUT2D eigenvalue weighted by molar-refractivity contribution is 7.09. The van der Waals surface area contributed by atoms with Crippen molar-refractivity contribution in [2.75, 3.05) is 19.7 Å². The Hall–Kier alpha value is -3.10. The molecule has 31 heavy (non-hydrogen) atoms. The number of benzene rings is 2. The lowest BCUT2D eigenvalue weighted by Gasteiger charge is -2.23. The summed E-state index contributed by atoms with van der Waals surface area (Å²) in [6.45, 7) is 2.22. The number of carbonyl (C=O) groups excluding carboxylic acids is 2. The topological polar surface area (TPSA) is 71.5 Å². The lowest BCUT2D eigenvalue weighted by molar-refractivity contribution is -0.144. The summed E-state index contributed by atoms with van der Waals surface area (Å²) >= 11 is 1.46. The molecule has 6 nitrogen and oxygen atoms in total. The largest absolute Gasteiger partial charge is 0.465 e. The number of amides is 1. The molecule has 0 aliphatic rings. The fourth-order valence-corrected chi connectivity index (χ4v) is 3.84. The Morgan fingerprint density at radius 3 is 2.52 bits per heavy atom. The summed E-state index contributed by atoms with van der Waals surface area (Å²) in [7, 11) is 0. The number of esters is 1. The van der Waals surface area contributed by atoms with E-state index in [1.807, 2.05) is 35.7 Å². The maximum absolute atomic E-state index is 13.2. The second kappa shape index (κ2) is 11.3. The van der Waals surface area contributed by atoms with Crippen LogP contribution in [0.3, 0.4) is 0 Å². The highest BCUT2D eigenvalue weighted by Crippen LogP contribution is 2.23. The zero-order chi connectivity index (χ0) is 22.1. The lowest BCUT2D eigenvalue weighted by atomic mass is 10.1. The number of hydrogen-bond acceptors (Lipinski definition) is 6. The van der Waals surface area contributed by atoms with Crippen LogP contribution in [0.15, 0.2) is 66.2 Å². The van der Waals surface area contributed by atoms with Gasteiger partial charge in [-0.2, -0.15) is 0 Å². The van der Waals surface area contributed by atoms with Crippen molar-refractivity contribution in [1.82, 2.24) is 15.2 Å². The number of nitrogens with one attached hydrogen (secondary N) is 1. The predicted molar refractivity (Wildman–Crippen MR) is 117 cm³/mol. The minimum absolute atomic E-state index is 0.0229. The van der Waals surface area contributed by atoms with Crippen LogP contribution in [0.2, 0.25) is 0 Å². The molecular weight excluding hydrogens is 417 g/mol. The van der Waals surface area contributed by atoms with E-state index in [1.165, 1.54) is 23.5 Å². The molecule has 1 N–H and O–H groups in total. The molecule has 0 aliphatic carbocycles. The summed E-state index contributed by atoms with van der Waals surface area (Å²) in [5.74, 6) is -1.01. The Kier molecular flexibility index (Phi) is 8.26. The monoisotopic (exact) mass is 441 g/mol. The molecule has 3 aromatic rings. The molecule has 0 fully saturated rings. The Morgan fingerprint density at radius 2 is 1.87 bits per heavy atom. The molecule has 0 saturated heterocycles. The van der Waals surface area contributed by atoms with E-state index in [0.29, 0.717) is 6.54 Å². The zero-order valence-electron chi connectivity index (χ0n) is 17.2. The summed E-state index contributed by atoms with van der Waals surface area (Å²) < 4.78 is 18.3. The van der Waals surface area contributed by atoms with Gasteiger partial charge in [0.05, 0.1) is 19.7 Å². The third-order valence-corrected chi connectivity index (χ3v) is 5.32. The van der Waals surface area contributed by atoms with Crippen LogP contribution in [-0.2, 0) is 20.9 Å². The summed E-state index contributed by atoms with van der Waals surface area (Å²) in [5, 5.41) is 5.65. The van der Waals surface area contributed by atoms with Gasteiger partial charge in [-0.15, -0.1) is 11.3 Å². The number of hydrogen-bond donors (Lipinski definition) is 1. The van der Waals surface area contributed by atoms with Crippen molar-refractivity contribution in [2.45, 2.75) is 19.5 Å². The summed E-state index contributed by atoms with van der Waals surface area (Å²) in [6, 6.07) is 15.2. The first-order valence-corrected chi connectivity index (χ1v) is 10.8. The van der Waals surface area contributed by atoms with Crippen molar-refractivity contribution in [3.63, 3.8) is 0 Å². The Balaban J connectivity index is 1.72. The number of ether oxygens (including phenoxy) is 1. The molecule has 3 rings (SSSR count). The van der Waals surface area contributed by atoms with E-state index in [-0.39, 0.29) is 37.5 Å². The maximum atomic E-state index is 13.2. The molecule has 1 unspecified atom stereocenters. The van der Waals surface area contributed by atoms with E-state index >= 15 is 0 Å². The fraction of sp³-hybridized carbons (Fsp3) is 0.261. The molecule has 1 aromatic heterocycles. The third kappa shape index (κ3) is 6.97. The average Bonchev–Trinajstić information content (AvgIpc) is 3.29. The van der Waals surface area contributed by atoms with E-state index in [2.05, 4.69) is 10.3 Å². The number of thiazole rings is 1. The minimum atomic E-state index is -0.419. The van der Waals surface area contributed by atoms with Gasteiger partial charge < -0.3 is 10.1 Å². The van der Waals surface area contributed by atoms with Crippen LogP contribution in [0.5, 0.6) is 0 Å². The Bertz CT molecular complexity index is 966. The number of nitrogens with zero attached hydrogens (tertiary/aromatic N) is 2. The second-order valence-electron chi connectivity index (χ2n) is 6.86. The molecule has 2 aromatic carbocycles. The minimum Gasteiger partial charge on any atom is -0.465 e. The standard InChI is InChI=1S/C23H24FN3O3S/c1-2-30-21(29)16-27(14-17-8-10-19(24)11-9-17)15-20(28)26-22(23-25-12-13-31-23)18-6-4-3-5-7-18/h3-13,22H,2,14-16H2,1H3,(H,26,28). The third-order valence-electron chi connectivity index (χ3n) is 4.48. The average molecular weight is 442 g/mol. The molecule has 0 saturated carbocycles. The van der Waals surface area contributed by atoms with Crippen LogP contribution in [0.4, 0.5) is 4.39 Å². The molecule has 0 radical (unpaired) electrons. The molecule has 0 bridgehead atoms. The van der Waals surface area contributed by atoms with Crippen LogP contribution in [0.1, 0.15) is 29.1 Å². The van der Waals surface area contributed by atoms with Gasteiger partial charge in [0.2, 0.25) is 5.91 Å². The molecule has 0 aliphatic heterocycles. The van der Waals surface area contributed by atoms with Crippen LogP contribution in [0.25, 0.3) is 0 Å². The van der Waals surface area contributed by atoms with Crippen molar-refractivity contribution < 1.29 is 18.7 Å². The van der Waals surface area contributed by atoms with Gasteiger partial charge in [0, 0.05) is 18.1 Å². The first kappa shape index (κ1) is 22.6. The predicted octanol–water partition coefficient (Wildman–Crippen LogP) is 3.55. The summed E-state index contributed by atoms with van der Waals surface area (Å²) in [6.07, 6.45) is 1.70. The van der Waals surface area contributed by atoms with Crippen molar-refractivity contribution in [2.24, 2.45) is 0 Å². The van der Waals surface area contributed by atoms with Gasteiger partial charge in [-0.25, -0.2) is 9.37 Å². The highest BCUT2D eigenvalue weighted by atomic mass is 32.1. The van der Waals surface area contributed by atoms with Crippen LogP contribution in [-0.4, -0.2) is 41.5 Å².